The minimum absolute atomic E-state index is 0.573. The van der Waals surface area contributed by atoms with Gasteiger partial charge >= 0.3 is 0 Å². The van der Waals surface area contributed by atoms with E-state index in [0.29, 0.717) is 12.6 Å². The van der Waals surface area contributed by atoms with E-state index in [2.05, 4.69) is 51.0 Å². The van der Waals surface area contributed by atoms with Gasteiger partial charge in [0.25, 0.3) is 0 Å². The molecule has 0 heterocycles. The van der Waals surface area contributed by atoms with E-state index < -0.39 is 0 Å². The third-order valence-corrected chi connectivity index (χ3v) is 4.10. The standard InChI is InChI=1S/C15H23Br2NO/c1-3-4-5-6-12(2)18-9-10-19-15-8-7-13(16)11-14(15)17/h7-8,11-12,18H,3-6,9-10H2,1-2H3. The Hall–Kier alpha value is -0.0600. The van der Waals surface area contributed by atoms with Crippen LogP contribution < -0.4 is 10.1 Å². The van der Waals surface area contributed by atoms with Crippen molar-refractivity contribution >= 4 is 31.9 Å². The lowest BCUT2D eigenvalue weighted by molar-refractivity contribution is 0.302. The summed E-state index contributed by atoms with van der Waals surface area (Å²) in [5.74, 6) is 0.892. The van der Waals surface area contributed by atoms with Crippen molar-refractivity contribution in [3.63, 3.8) is 0 Å². The van der Waals surface area contributed by atoms with E-state index in [4.69, 9.17) is 4.74 Å². The lowest BCUT2D eigenvalue weighted by Crippen LogP contribution is -2.30. The molecular formula is C15H23Br2NO. The maximum absolute atomic E-state index is 5.74. The van der Waals surface area contributed by atoms with Crippen LogP contribution in [0.15, 0.2) is 27.1 Å². The smallest absolute Gasteiger partial charge is 0.133 e. The number of ether oxygens (including phenoxy) is 1. The summed E-state index contributed by atoms with van der Waals surface area (Å²) in [5, 5.41) is 3.49. The van der Waals surface area contributed by atoms with Crippen LogP contribution in [0.25, 0.3) is 0 Å². The van der Waals surface area contributed by atoms with Gasteiger partial charge in [0.2, 0.25) is 0 Å². The number of benzene rings is 1. The minimum atomic E-state index is 0.573. The van der Waals surface area contributed by atoms with Gasteiger partial charge in [-0.05, 0) is 47.5 Å². The highest BCUT2D eigenvalue weighted by Gasteiger charge is 2.03. The summed E-state index contributed by atoms with van der Waals surface area (Å²) in [4.78, 5) is 0. The summed E-state index contributed by atoms with van der Waals surface area (Å²) < 4.78 is 7.77. The van der Waals surface area contributed by atoms with Crippen LogP contribution in [0.5, 0.6) is 5.75 Å². The van der Waals surface area contributed by atoms with Crippen molar-refractivity contribution in [1.29, 1.82) is 0 Å². The molecule has 1 atom stereocenters. The number of hydrogen-bond acceptors (Lipinski definition) is 2. The van der Waals surface area contributed by atoms with Gasteiger partial charge in [-0.25, -0.2) is 0 Å². The Labute approximate surface area is 133 Å². The molecule has 4 heteroatoms. The molecule has 0 aliphatic carbocycles. The normalized spacial score (nSPS) is 12.4. The Bertz CT molecular complexity index is 371. The van der Waals surface area contributed by atoms with Gasteiger partial charge in [0.05, 0.1) is 4.47 Å². The predicted octanol–water partition coefficient (Wildman–Crippen LogP) is 5.15. The van der Waals surface area contributed by atoms with Crippen LogP contribution in [-0.2, 0) is 0 Å². The number of hydrogen-bond donors (Lipinski definition) is 1. The van der Waals surface area contributed by atoms with Gasteiger partial charge in [-0.2, -0.15) is 0 Å². The molecule has 19 heavy (non-hydrogen) atoms. The van der Waals surface area contributed by atoms with E-state index in [-0.39, 0.29) is 0 Å². The molecule has 1 aromatic carbocycles. The van der Waals surface area contributed by atoms with Crippen molar-refractivity contribution < 1.29 is 4.74 Å². The fourth-order valence-corrected chi connectivity index (χ4v) is 3.02. The molecule has 0 saturated carbocycles. The molecule has 0 radical (unpaired) electrons. The quantitative estimate of drug-likeness (QED) is 0.586. The summed E-state index contributed by atoms with van der Waals surface area (Å²) in [7, 11) is 0. The van der Waals surface area contributed by atoms with Gasteiger partial charge < -0.3 is 10.1 Å². The van der Waals surface area contributed by atoms with Gasteiger partial charge in [-0.3, -0.25) is 0 Å². The van der Waals surface area contributed by atoms with E-state index in [9.17, 15) is 0 Å². The SMILES string of the molecule is CCCCCC(C)NCCOc1ccc(Br)cc1Br. The zero-order valence-electron chi connectivity index (χ0n) is 11.7. The molecule has 0 aliphatic rings. The first-order valence-corrected chi connectivity index (χ1v) is 8.53. The summed E-state index contributed by atoms with van der Waals surface area (Å²) >= 11 is 6.92. The molecule has 0 aromatic heterocycles. The zero-order valence-corrected chi connectivity index (χ0v) is 14.9. The molecule has 1 aromatic rings. The molecular weight excluding hydrogens is 370 g/mol. The maximum atomic E-state index is 5.74. The highest BCUT2D eigenvalue weighted by Crippen LogP contribution is 2.27. The van der Waals surface area contributed by atoms with Gasteiger partial charge in [-0.1, -0.05) is 42.1 Å². The van der Waals surface area contributed by atoms with Gasteiger partial charge in [0.1, 0.15) is 12.4 Å². The van der Waals surface area contributed by atoms with Crippen LogP contribution >= 0.6 is 31.9 Å². The van der Waals surface area contributed by atoms with Crippen LogP contribution in [0.4, 0.5) is 0 Å². The number of rotatable bonds is 9. The van der Waals surface area contributed by atoms with Crippen LogP contribution in [0, 0.1) is 0 Å². The second-order valence-corrected chi connectivity index (χ2v) is 6.54. The fourth-order valence-electron chi connectivity index (χ4n) is 1.86. The Morgan fingerprint density at radius 1 is 1.26 bits per heavy atom. The molecule has 108 valence electrons. The summed E-state index contributed by atoms with van der Waals surface area (Å²) in [6.07, 6.45) is 5.17. The first kappa shape index (κ1) is 17.0. The second kappa shape index (κ2) is 9.78. The molecule has 0 amide bonds. The topological polar surface area (TPSA) is 21.3 Å². The number of halogens is 2. The zero-order chi connectivity index (χ0) is 14.1. The molecule has 0 saturated heterocycles. The van der Waals surface area contributed by atoms with Crippen molar-refractivity contribution in [2.45, 2.75) is 45.6 Å². The summed E-state index contributed by atoms with van der Waals surface area (Å²) in [6, 6.07) is 6.53. The fraction of sp³-hybridized carbons (Fsp3) is 0.600. The van der Waals surface area contributed by atoms with Crippen LogP contribution in [0.3, 0.4) is 0 Å². The average Bonchev–Trinajstić information content (AvgIpc) is 2.37. The Kier molecular flexibility index (Phi) is 8.75. The average molecular weight is 393 g/mol. The minimum Gasteiger partial charge on any atom is -0.491 e. The van der Waals surface area contributed by atoms with Gasteiger partial charge in [-0.15, -0.1) is 0 Å². The second-order valence-electron chi connectivity index (χ2n) is 4.77. The third kappa shape index (κ3) is 7.33. The maximum Gasteiger partial charge on any atom is 0.133 e. The van der Waals surface area contributed by atoms with E-state index >= 15 is 0 Å². The Morgan fingerprint density at radius 2 is 2.05 bits per heavy atom. The van der Waals surface area contributed by atoms with E-state index in [1.165, 1.54) is 25.7 Å². The lowest BCUT2D eigenvalue weighted by atomic mass is 10.1. The van der Waals surface area contributed by atoms with E-state index in [1.54, 1.807) is 0 Å². The highest BCUT2D eigenvalue weighted by atomic mass is 79.9. The Morgan fingerprint density at radius 3 is 2.74 bits per heavy atom. The van der Waals surface area contributed by atoms with Crippen molar-refractivity contribution in [2.24, 2.45) is 0 Å². The monoisotopic (exact) mass is 391 g/mol. The van der Waals surface area contributed by atoms with Crippen molar-refractivity contribution in [1.82, 2.24) is 5.32 Å². The van der Waals surface area contributed by atoms with Crippen molar-refractivity contribution in [3.05, 3.63) is 27.1 Å². The first-order chi connectivity index (χ1) is 9.13. The largest absolute Gasteiger partial charge is 0.491 e. The number of unbranched alkanes of at least 4 members (excludes halogenated alkanes) is 2. The van der Waals surface area contributed by atoms with Crippen LogP contribution in [-0.4, -0.2) is 19.2 Å². The molecule has 0 spiro atoms. The van der Waals surface area contributed by atoms with Crippen LogP contribution in [0.2, 0.25) is 0 Å². The highest BCUT2D eigenvalue weighted by molar-refractivity contribution is 9.11. The Balaban J connectivity index is 2.16. The predicted molar refractivity (Wildman–Crippen MR) is 88.9 cm³/mol. The molecule has 0 bridgehead atoms. The first-order valence-electron chi connectivity index (χ1n) is 6.94. The molecule has 1 rings (SSSR count). The van der Waals surface area contributed by atoms with Gasteiger partial charge in [0.15, 0.2) is 0 Å². The summed E-state index contributed by atoms with van der Waals surface area (Å²) in [6.45, 7) is 6.06. The summed E-state index contributed by atoms with van der Waals surface area (Å²) in [5.41, 5.74) is 0. The van der Waals surface area contributed by atoms with Crippen molar-refractivity contribution in [3.8, 4) is 5.75 Å². The molecule has 0 aliphatic heterocycles. The van der Waals surface area contributed by atoms with Crippen LogP contribution in [0.1, 0.15) is 39.5 Å². The lowest BCUT2D eigenvalue weighted by Gasteiger charge is -2.14. The molecule has 1 unspecified atom stereocenters. The van der Waals surface area contributed by atoms with E-state index in [1.807, 2.05) is 18.2 Å². The van der Waals surface area contributed by atoms with E-state index in [0.717, 1.165) is 21.2 Å². The third-order valence-electron chi connectivity index (χ3n) is 2.99. The number of nitrogens with one attached hydrogen (secondary N) is 1. The van der Waals surface area contributed by atoms with Crippen molar-refractivity contribution in [2.75, 3.05) is 13.2 Å². The molecule has 2 nitrogen and oxygen atoms in total. The molecule has 0 fully saturated rings. The van der Waals surface area contributed by atoms with Gasteiger partial charge in [0, 0.05) is 17.1 Å². The molecule has 1 N–H and O–H groups in total.